The second-order valence-electron chi connectivity index (χ2n) is 8.62. The summed E-state index contributed by atoms with van der Waals surface area (Å²) in [5.41, 5.74) is -1.23. The molecule has 7 nitrogen and oxygen atoms in total. The Morgan fingerprint density at radius 3 is 2.75 bits per heavy atom. The molecule has 1 saturated carbocycles. The van der Waals surface area contributed by atoms with Crippen molar-refractivity contribution in [2.75, 3.05) is 5.32 Å². The van der Waals surface area contributed by atoms with Crippen LogP contribution in [-0.4, -0.2) is 31.6 Å². The van der Waals surface area contributed by atoms with Crippen LogP contribution in [0.1, 0.15) is 36.4 Å². The van der Waals surface area contributed by atoms with Crippen molar-refractivity contribution < 1.29 is 18.3 Å². The van der Waals surface area contributed by atoms with Crippen molar-refractivity contribution in [2.45, 2.75) is 49.9 Å². The van der Waals surface area contributed by atoms with Crippen LogP contribution in [0.4, 0.5) is 24.7 Å². The minimum atomic E-state index is -4.72. The number of aliphatic hydroxyl groups is 1. The van der Waals surface area contributed by atoms with Crippen molar-refractivity contribution in [3.63, 3.8) is 0 Å². The number of alkyl halides is 3. The highest BCUT2D eigenvalue weighted by Gasteiger charge is 2.56. The van der Waals surface area contributed by atoms with Gasteiger partial charge in [0, 0.05) is 24.7 Å². The molecule has 2 heterocycles. The lowest BCUT2D eigenvalue weighted by Crippen LogP contribution is -2.45. The zero-order valence-corrected chi connectivity index (χ0v) is 16.9. The number of halogens is 3. The molecule has 3 N–H and O–H groups in total. The van der Waals surface area contributed by atoms with E-state index in [1.54, 1.807) is 28.9 Å². The van der Waals surface area contributed by atoms with Gasteiger partial charge in [-0.2, -0.15) is 23.5 Å². The van der Waals surface area contributed by atoms with Crippen LogP contribution in [0.15, 0.2) is 35.3 Å². The molecule has 0 spiro atoms. The Labute approximate surface area is 180 Å². The Morgan fingerprint density at radius 1 is 1.31 bits per heavy atom. The number of hydrogen-bond acceptors (Lipinski definition) is 5. The summed E-state index contributed by atoms with van der Waals surface area (Å²) in [6.07, 6.45) is -1.96. The molecule has 2 aliphatic rings. The molecule has 2 atom stereocenters. The standard InChI is InChI=1S/C22H20F3N5O2/c23-22(24,25)21(32)10-13-3-4-15(9-14(13)11-21)28-19-18-17(6-8-27-20(18)31)30(29-19)16(5-7-26)12-1-2-12/h3-4,6,8-9,12,16,32H,1-2,5,10-11H2,(H,27,31)(H,28,29). The Morgan fingerprint density at radius 2 is 2.06 bits per heavy atom. The van der Waals surface area contributed by atoms with E-state index in [0.29, 0.717) is 33.6 Å². The van der Waals surface area contributed by atoms with Gasteiger partial charge in [0.2, 0.25) is 0 Å². The van der Waals surface area contributed by atoms with Gasteiger partial charge >= 0.3 is 6.18 Å². The fraction of sp³-hybridized carbons (Fsp3) is 0.409. The zero-order valence-electron chi connectivity index (χ0n) is 16.9. The monoisotopic (exact) mass is 443 g/mol. The molecule has 0 radical (unpaired) electrons. The smallest absolute Gasteiger partial charge is 0.380 e. The zero-order chi connectivity index (χ0) is 22.7. The highest BCUT2D eigenvalue weighted by atomic mass is 19.4. The Kier molecular flexibility index (Phi) is 4.57. The Balaban J connectivity index is 1.52. The number of pyridine rings is 1. The Hall–Kier alpha value is -3.32. The highest BCUT2D eigenvalue weighted by molar-refractivity contribution is 5.91. The second-order valence-corrected chi connectivity index (χ2v) is 8.62. The molecule has 10 heteroatoms. The molecule has 32 heavy (non-hydrogen) atoms. The fourth-order valence-corrected chi connectivity index (χ4v) is 4.54. The van der Waals surface area contributed by atoms with Crippen LogP contribution >= 0.6 is 0 Å². The van der Waals surface area contributed by atoms with E-state index in [-0.39, 0.29) is 23.8 Å². The minimum Gasteiger partial charge on any atom is -0.380 e. The van der Waals surface area contributed by atoms with E-state index in [2.05, 4.69) is 21.5 Å². The van der Waals surface area contributed by atoms with Gasteiger partial charge < -0.3 is 15.4 Å². The third kappa shape index (κ3) is 3.33. The summed E-state index contributed by atoms with van der Waals surface area (Å²) >= 11 is 0. The molecular weight excluding hydrogens is 423 g/mol. The number of aromatic nitrogens is 3. The van der Waals surface area contributed by atoms with Crippen LogP contribution in [0.25, 0.3) is 10.9 Å². The lowest BCUT2D eigenvalue weighted by atomic mass is 10.0. The summed E-state index contributed by atoms with van der Waals surface area (Å²) < 4.78 is 41.5. The van der Waals surface area contributed by atoms with Crippen LogP contribution in [0.2, 0.25) is 0 Å². The van der Waals surface area contributed by atoms with Crippen molar-refractivity contribution >= 4 is 22.4 Å². The van der Waals surface area contributed by atoms with Gasteiger partial charge in [0.1, 0.15) is 5.39 Å². The SMILES string of the molecule is N#CCC(C1CC1)n1nc(Nc2ccc3c(c2)CC(O)(C(F)(F)F)C3)c2c(=O)[nH]ccc21. The summed E-state index contributed by atoms with van der Waals surface area (Å²) in [4.78, 5) is 15.2. The molecule has 3 aromatic rings. The first-order chi connectivity index (χ1) is 15.2. The maximum absolute atomic E-state index is 13.2. The third-order valence-electron chi connectivity index (χ3n) is 6.37. The molecule has 166 valence electrons. The van der Waals surface area contributed by atoms with Crippen LogP contribution in [0.5, 0.6) is 0 Å². The van der Waals surface area contributed by atoms with Crippen molar-refractivity contribution in [3.8, 4) is 6.07 Å². The topological polar surface area (TPSA) is 107 Å². The molecule has 0 bridgehead atoms. The van der Waals surface area contributed by atoms with Gasteiger partial charge in [-0.25, -0.2) is 0 Å². The van der Waals surface area contributed by atoms with Gasteiger partial charge in [0.05, 0.1) is 24.0 Å². The summed E-state index contributed by atoms with van der Waals surface area (Å²) in [5, 5.41) is 27.3. The maximum atomic E-state index is 13.2. The van der Waals surface area contributed by atoms with E-state index in [1.807, 2.05) is 0 Å². The van der Waals surface area contributed by atoms with E-state index >= 15 is 0 Å². The van der Waals surface area contributed by atoms with Gasteiger partial charge in [0.15, 0.2) is 11.4 Å². The predicted molar refractivity (Wildman–Crippen MR) is 110 cm³/mol. The first kappa shape index (κ1) is 20.6. The van der Waals surface area contributed by atoms with Gasteiger partial charge in [-0.15, -0.1) is 0 Å². The van der Waals surface area contributed by atoms with Crippen LogP contribution in [0, 0.1) is 17.2 Å². The average Bonchev–Trinajstić information content (AvgIpc) is 3.41. The number of H-pyrrole nitrogens is 1. The number of nitriles is 1. The number of aromatic amines is 1. The molecule has 0 saturated heterocycles. The van der Waals surface area contributed by atoms with Crippen molar-refractivity contribution in [2.24, 2.45) is 5.92 Å². The molecule has 5 rings (SSSR count). The molecule has 2 aromatic heterocycles. The number of anilines is 2. The van der Waals surface area contributed by atoms with E-state index in [1.165, 1.54) is 6.20 Å². The molecule has 2 aliphatic carbocycles. The molecule has 1 fully saturated rings. The van der Waals surface area contributed by atoms with Crippen LogP contribution < -0.4 is 10.9 Å². The van der Waals surface area contributed by atoms with Gasteiger partial charge in [-0.3, -0.25) is 9.48 Å². The van der Waals surface area contributed by atoms with Crippen molar-refractivity contribution in [1.29, 1.82) is 5.26 Å². The number of hydrogen-bond donors (Lipinski definition) is 3. The summed E-state index contributed by atoms with van der Waals surface area (Å²) in [7, 11) is 0. The molecule has 0 amide bonds. The molecule has 0 aliphatic heterocycles. The van der Waals surface area contributed by atoms with Gasteiger partial charge in [0.25, 0.3) is 5.56 Å². The molecule has 2 unspecified atom stereocenters. The number of fused-ring (bicyclic) bond motifs is 2. The summed E-state index contributed by atoms with van der Waals surface area (Å²) in [6, 6.07) is 8.48. The summed E-state index contributed by atoms with van der Waals surface area (Å²) in [5.74, 6) is 0.597. The number of benzene rings is 1. The summed E-state index contributed by atoms with van der Waals surface area (Å²) in [6.45, 7) is 0. The average molecular weight is 443 g/mol. The minimum absolute atomic E-state index is 0.151. The molecule has 1 aromatic carbocycles. The highest BCUT2D eigenvalue weighted by Crippen LogP contribution is 2.44. The second kappa shape index (κ2) is 7.10. The fourth-order valence-electron chi connectivity index (χ4n) is 4.54. The van der Waals surface area contributed by atoms with Crippen LogP contribution in [0.3, 0.4) is 0 Å². The number of nitrogens with zero attached hydrogens (tertiary/aromatic N) is 3. The third-order valence-corrected chi connectivity index (χ3v) is 6.37. The van der Waals surface area contributed by atoms with Gasteiger partial charge in [-0.05, 0) is 48.1 Å². The first-order valence-electron chi connectivity index (χ1n) is 10.3. The van der Waals surface area contributed by atoms with Crippen LogP contribution in [-0.2, 0) is 12.8 Å². The maximum Gasteiger partial charge on any atom is 0.417 e. The van der Waals surface area contributed by atoms with Crippen molar-refractivity contribution in [3.05, 3.63) is 51.9 Å². The van der Waals surface area contributed by atoms with Crippen molar-refractivity contribution in [1.82, 2.24) is 14.8 Å². The van der Waals surface area contributed by atoms with Gasteiger partial charge in [-0.1, -0.05) is 6.07 Å². The largest absolute Gasteiger partial charge is 0.417 e. The molecular formula is C22H20F3N5O2. The van der Waals surface area contributed by atoms with E-state index in [4.69, 9.17) is 0 Å². The number of rotatable bonds is 5. The predicted octanol–water partition coefficient (Wildman–Crippen LogP) is 3.72. The van der Waals surface area contributed by atoms with E-state index in [9.17, 15) is 28.3 Å². The lowest BCUT2D eigenvalue weighted by Gasteiger charge is -2.25. The normalized spacial score (nSPS) is 21.3. The van der Waals surface area contributed by atoms with E-state index in [0.717, 1.165) is 12.8 Å². The lowest BCUT2D eigenvalue weighted by molar-refractivity contribution is -0.255. The quantitative estimate of drug-likeness (QED) is 0.557. The first-order valence-corrected chi connectivity index (χ1v) is 10.3. The number of nitrogens with one attached hydrogen (secondary N) is 2. The Bertz CT molecular complexity index is 1300. The van der Waals surface area contributed by atoms with E-state index < -0.39 is 24.6 Å².